The minimum atomic E-state index is -0.709. The van der Waals surface area contributed by atoms with E-state index in [1.807, 2.05) is 30.3 Å². The molecule has 25 heavy (non-hydrogen) atoms. The van der Waals surface area contributed by atoms with E-state index in [0.717, 1.165) is 5.56 Å². The third-order valence-corrected chi connectivity index (χ3v) is 3.69. The van der Waals surface area contributed by atoms with Crippen LogP contribution in [0.5, 0.6) is 0 Å². The maximum atomic E-state index is 12.3. The highest BCUT2D eigenvalue weighted by Gasteiger charge is 2.22. The van der Waals surface area contributed by atoms with Gasteiger partial charge in [0, 0.05) is 6.42 Å². The van der Waals surface area contributed by atoms with Gasteiger partial charge in [0.2, 0.25) is 0 Å². The van der Waals surface area contributed by atoms with Crippen LogP contribution in [-0.2, 0) is 16.0 Å². The van der Waals surface area contributed by atoms with E-state index in [9.17, 15) is 9.59 Å². The average Bonchev–Trinajstić information content (AvgIpc) is 2.62. The van der Waals surface area contributed by atoms with Gasteiger partial charge < -0.3 is 14.5 Å². The van der Waals surface area contributed by atoms with Crippen molar-refractivity contribution in [1.82, 2.24) is 4.98 Å². The fourth-order valence-corrected chi connectivity index (χ4v) is 2.52. The topological polar surface area (TPSA) is 81.4 Å². The van der Waals surface area contributed by atoms with Crippen LogP contribution in [0.4, 0.5) is 6.01 Å². The van der Waals surface area contributed by atoms with Crippen molar-refractivity contribution < 1.29 is 13.9 Å². The highest BCUT2D eigenvalue weighted by atomic mass is 16.5. The van der Waals surface area contributed by atoms with Crippen molar-refractivity contribution in [2.45, 2.75) is 19.4 Å². The Bertz CT molecular complexity index is 921. The molecule has 6 heteroatoms. The number of carbonyl (C=O) groups excluding carboxylic acids is 1. The summed E-state index contributed by atoms with van der Waals surface area (Å²) in [6.07, 6.45) is 0.387. The molecule has 0 aliphatic heterocycles. The fraction of sp³-hybridized carbons (Fsp3) is 0.211. The monoisotopic (exact) mass is 338 g/mol. The molecule has 0 radical (unpaired) electrons. The van der Waals surface area contributed by atoms with Crippen molar-refractivity contribution in [2.75, 3.05) is 11.9 Å². The zero-order valence-corrected chi connectivity index (χ0v) is 13.8. The quantitative estimate of drug-likeness (QED) is 0.696. The first kappa shape index (κ1) is 16.7. The predicted octanol–water partition coefficient (Wildman–Crippen LogP) is 2.77. The normalized spacial score (nSPS) is 11.9. The van der Waals surface area contributed by atoms with Gasteiger partial charge in [-0.3, -0.25) is 0 Å². The lowest BCUT2D eigenvalue weighted by atomic mass is 10.1. The molecular weight excluding hydrogens is 320 g/mol. The largest absolute Gasteiger partial charge is 0.464 e. The number of hydrogen-bond donors (Lipinski definition) is 1. The standard InChI is InChI=1S/C19H18N2O4/c1-2-24-18(23)16(12-13-8-4-3-5-9-13)21-19-20-15-11-7-6-10-14(15)17(22)25-19/h3-11,16H,2,12H2,1H3,(H,20,21). The first-order chi connectivity index (χ1) is 12.2. The van der Waals surface area contributed by atoms with Crippen molar-refractivity contribution in [2.24, 2.45) is 0 Å². The van der Waals surface area contributed by atoms with Crippen LogP contribution in [0.2, 0.25) is 0 Å². The maximum Gasteiger partial charge on any atom is 0.348 e. The van der Waals surface area contributed by atoms with Crippen molar-refractivity contribution in [3.05, 3.63) is 70.6 Å². The van der Waals surface area contributed by atoms with Crippen LogP contribution >= 0.6 is 0 Å². The summed E-state index contributed by atoms with van der Waals surface area (Å²) >= 11 is 0. The van der Waals surface area contributed by atoms with Crippen molar-refractivity contribution in [1.29, 1.82) is 0 Å². The molecular formula is C19H18N2O4. The van der Waals surface area contributed by atoms with Crippen molar-refractivity contribution in [3.8, 4) is 0 Å². The minimum absolute atomic E-state index is 0.00214. The SMILES string of the molecule is CCOC(=O)C(Cc1ccccc1)Nc1nc2ccccc2c(=O)o1. The lowest BCUT2D eigenvalue weighted by molar-refractivity contribution is -0.144. The van der Waals surface area contributed by atoms with Crippen LogP contribution in [0.1, 0.15) is 12.5 Å². The van der Waals surface area contributed by atoms with Gasteiger partial charge in [-0.15, -0.1) is 0 Å². The Labute approximate surface area is 144 Å². The third-order valence-electron chi connectivity index (χ3n) is 3.69. The van der Waals surface area contributed by atoms with Gasteiger partial charge in [-0.1, -0.05) is 42.5 Å². The number of nitrogens with one attached hydrogen (secondary N) is 1. The summed E-state index contributed by atoms with van der Waals surface area (Å²) in [5.74, 6) is -0.427. The molecule has 1 N–H and O–H groups in total. The molecule has 0 spiro atoms. The summed E-state index contributed by atoms with van der Waals surface area (Å²) < 4.78 is 10.3. The number of esters is 1. The second-order valence-electron chi connectivity index (χ2n) is 5.46. The lowest BCUT2D eigenvalue weighted by Crippen LogP contribution is -2.34. The summed E-state index contributed by atoms with van der Waals surface area (Å²) in [5.41, 5.74) is 0.954. The summed E-state index contributed by atoms with van der Waals surface area (Å²) in [6.45, 7) is 2.01. The number of fused-ring (bicyclic) bond motifs is 1. The van der Waals surface area contributed by atoms with Gasteiger partial charge >= 0.3 is 11.6 Å². The Hall–Kier alpha value is -3.15. The molecule has 3 aromatic rings. The molecule has 0 aliphatic rings. The summed E-state index contributed by atoms with van der Waals surface area (Å²) in [4.78, 5) is 28.6. The van der Waals surface area contributed by atoms with Crippen LogP contribution in [0.3, 0.4) is 0 Å². The van der Waals surface area contributed by atoms with E-state index >= 15 is 0 Å². The van der Waals surface area contributed by atoms with E-state index in [4.69, 9.17) is 9.15 Å². The van der Waals surface area contributed by atoms with Crippen LogP contribution in [0.25, 0.3) is 10.9 Å². The first-order valence-corrected chi connectivity index (χ1v) is 8.04. The van der Waals surface area contributed by atoms with Gasteiger partial charge in [0.1, 0.15) is 6.04 Å². The van der Waals surface area contributed by atoms with Gasteiger partial charge in [-0.2, -0.15) is 4.98 Å². The third kappa shape index (κ3) is 4.03. The van der Waals surface area contributed by atoms with Crippen molar-refractivity contribution >= 4 is 22.9 Å². The number of rotatable bonds is 6. The number of aromatic nitrogens is 1. The lowest BCUT2D eigenvalue weighted by Gasteiger charge is -2.17. The van der Waals surface area contributed by atoms with Crippen LogP contribution in [-0.4, -0.2) is 23.6 Å². The Balaban J connectivity index is 1.89. The van der Waals surface area contributed by atoms with E-state index < -0.39 is 17.6 Å². The molecule has 0 saturated carbocycles. The molecule has 0 bridgehead atoms. The number of nitrogens with zero attached hydrogens (tertiary/aromatic N) is 1. The molecule has 0 aliphatic carbocycles. The highest BCUT2D eigenvalue weighted by molar-refractivity contribution is 5.80. The summed E-state index contributed by atoms with van der Waals surface area (Å²) in [7, 11) is 0. The number of benzene rings is 2. The second kappa shape index (κ2) is 7.61. The van der Waals surface area contributed by atoms with E-state index in [-0.39, 0.29) is 12.6 Å². The summed E-state index contributed by atoms with van der Waals surface area (Å²) in [6, 6.07) is 15.7. The van der Waals surface area contributed by atoms with Gasteiger partial charge in [0.25, 0.3) is 6.01 Å². The average molecular weight is 338 g/mol. The molecule has 1 aromatic heterocycles. The zero-order chi connectivity index (χ0) is 17.6. The molecule has 0 fully saturated rings. The van der Waals surface area contributed by atoms with Gasteiger partial charge in [-0.25, -0.2) is 9.59 Å². The van der Waals surface area contributed by atoms with Gasteiger partial charge in [0.05, 0.1) is 17.5 Å². The number of ether oxygens (including phenoxy) is 1. The van der Waals surface area contributed by atoms with E-state index in [0.29, 0.717) is 17.3 Å². The molecule has 1 atom stereocenters. The predicted molar refractivity (Wildman–Crippen MR) is 94.5 cm³/mol. The minimum Gasteiger partial charge on any atom is -0.464 e. The van der Waals surface area contributed by atoms with Crippen LogP contribution in [0, 0.1) is 0 Å². The van der Waals surface area contributed by atoms with Crippen LogP contribution < -0.4 is 10.9 Å². The van der Waals surface area contributed by atoms with Gasteiger partial charge in [0.15, 0.2) is 0 Å². The molecule has 3 rings (SSSR count). The molecule has 128 valence electrons. The Morgan fingerprint density at radius 1 is 1.16 bits per heavy atom. The molecule has 1 heterocycles. The molecule has 6 nitrogen and oxygen atoms in total. The number of para-hydroxylation sites is 1. The Kier molecular flexibility index (Phi) is 5.09. The second-order valence-corrected chi connectivity index (χ2v) is 5.46. The smallest absolute Gasteiger partial charge is 0.348 e. The van der Waals surface area contributed by atoms with Gasteiger partial charge in [-0.05, 0) is 24.6 Å². The zero-order valence-electron chi connectivity index (χ0n) is 13.8. The summed E-state index contributed by atoms with van der Waals surface area (Å²) in [5, 5.41) is 3.29. The molecule has 2 aromatic carbocycles. The first-order valence-electron chi connectivity index (χ1n) is 8.04. The highest BCUT2D eigenvalue weighted by Crippen LogP contribution is 2.13. The maximum absolute atomic E-state index is 12.3. The number of anilines is 1. The van der Waals surface area contributed by atoms with E-state index in [1.165, 1.54) is 0 Å². The Morgan fingerprint density at radius 3 is 2.64 bits per heavy atom. The number of hydrogen-bond acceptors (Lipinski definition) is 6. The number of carbonyl (C=O) groups is 1. The molecule has 1 unspecified atom stereocenters. The fourth-order valence-electron chi connectivity index (χ4n) is 2.52. The van der Waals surface area contributed by atoms with E-state index in [2.05, 4.69) is 10.3 Å². The molecule has 0 saturated heterocycles. The van der Waals surface area contributed by atoms with Crippen LogP contribution in [0.15, 0.2) is 63.8 Å². The van der Waals surface area contributed by atoms with E-state index in [1.54, 1.807) is 31.2 Å². The van der Waals surface area contributed by atoms with Crippen molar-refractivity contribution in [3.63, 3.8) is 0 Å². The molecule has 0 amide bonds. The Morgan fingerprint density at radius 2 is 1.88 bits per heavy atom.